The Morgan fingerprint density at radius 3 is 3.12 bits per heavy atom. The normalized spacial score (nSPS) is 28.3. The fourth-order valence-corrected chi connectivity index (χ4v) is 3.21. The standard InChI is InChI=1S/C13H15BrN2O/c14-10-4-1-3-9(7-10)12-13(17)16-6-2-5-11(16)8-15-12/h1,3-4,7,11-12,15H,2,5-6,8H2. The SMILES string of the molecule is O=C1C(c2cccc(Br)c2)NCC2CCCN12. The fourth-order valence-electron chi connectivity index (χ4n) is 2.79. The minimum absolute atomic E-state index is 0.165. The largest absolute Gasteiger partial charge is 0.337 e. The molecule has 1 amide bonds. The predicted molar refractivity (Wildman–Crippen MR) is 69.6 cm³/mol. The molecule has 17 heavy (non-hydrogen) atoms. The lowest BCUT2D eigenvalue weighted by Crippen LogP contribution is -2.53. The lowest BCUT2D eigenvalue weighted by Gasteiger charge is -2.35. The number of carbonyl (C=O) groups excluding carboxylic acids is 1. The number of nitrogens with one attached hydrogen (secondary N) is 1. The van der Waals surface area contributed by atoms with Crippen molar-refractivity contribution in [3.63, 3.8) is 0 Å². The van der Waals surface area contributed by atoms with Gasteiger partial charge >= 0.3 is 0 Å². The summed E-state index contributed by atoms with van der Waals surface area (Å²) in [6, 6.07) is 8.25. The van der Waals surface area contributed by atoms with Gasteiger partial charge in [-0.25, -0.2) is 0 Å². The molecule has 0 saturated carbocycles. The van der Waals surface area contributed by atoms with Crippen LogP contribution in [0.2, 0.25) is 0 Å². The average Bonchev–Trinajstić information content (AvgIpc) is 2.78. The molecular weight excluding hydrogens is 280 g/mol. The van der Waals surface area contributed by atoms with Crippen molar-refractivity contribution < 1.29 is 4.79 Å². The summed E-state index contributed by atoms with van der Waals surface area (Å²) >= 11 is 3.45. The fraction of sp³-hybridized carbons (Fsp3) is 0.462. The molecule has 1 aromatic rings. The van der Waals surface area contributed by atoms with Gasteiger partial charge in [-0.1, -0.05) is 28.1 Å². The average molecular weight is 295 g/mol. The quantitative estimate of drug-likeness (QED) is 0.860. The van der Waals surface area contributed by atoms with E-state index in [1.165, 1.54) is 0 Å². The van der Waals surface area contributed by atoms with Gasteiger partial charge in [-0.15, -0.1) is 0 Å². The minimum atomic E-state index is -0.165. The Bertz CT molecular complexity index is 449. The van der Waals surface area contributed by atoms with Gasteiger partial charge in [0.05, 0.1) is 0 Å². The Morgan fingerprint density at radius 1 is 1.41 bits per heavy atom. The summed E-state index contributed by atoms with van der Waals surface area (Å²) in [4.78, 5) is 14.4. The monoisotopic (exact) mass is 294 g/mol. The molecule has 2 aliphatic heterocycles. The molecule has 0 bridgehead atoms. The van der Waals surface area contributed by atoms with Crippen molar-refractivity contribution in [2.45, 2.75) is 24.9 Å². The molecule has 2 saturated heterocycles. The van der Waals surface area contributed by atoms with E-state index in [9.17, 15) is 4.79 Å². The molecule has 2 atom stereocenters. The van der Waals surface area contributed by atoms with Crippen LogP contribution in [0.5, 0.6) is 0 Å². The molecule has 0 aliphatic carbocycles. The van der Waals surface area contributed by atoms with Crippen molar-refractivity contribution in [2.24, 2.45) is 0 Å². The summed E-state index contributed by atoms with van der Waals surface area (Å²) in [6.45, 7) is 1.85. The van der Waals surface area contributed by atoms with E-state index in [0.717, 1.165) is 36.0 Å². The van der Waals surface area contributed by atoms with Gasteiger partial charge in [0, 0.05) is 23.6 Å². The highest BCUT2D eigenvalue weighted by molar-refractivity contribution is 9.10. The molecule has 2 aliphatic rings. The first-order chi connectivity index (χ1) is 8.25. The van der Waals surface area contributed by atoms with Crippen molar-refractivity contribution in [2.75, 3.05) is 13.1 Å². The maximum absolute atomic E-state index is 12.4. The first-order valence-corrected chi connectivity index (χ1v) is 6.84. The van der Waals surface area contributed by atoms with Gasteiger partial charge < -0.3 is 10.2 Å². The van der Waals surface area contributed by atoms with Crippen LogP contribution in [-0.4, -0.2) is 29.9 Å². The van der Waals surface area contributed by atoms with Crippen LogP contribution in [0, 0.1) is 0 Å². The minimum Gasteiger partial charge on any atom is -0.337 e. The Kier molecular flexibility index (Phi) is 2.92. The lowest BCUT2D eigenvalue weighted by atomic mass is 10.0. The van der Waals surface area contributed by atoms with Crippen molar-refractivity contribution in [1.82, 2.24) is 10.2 Å². The van der Waals surface area contributed by atoms with Crippen molar-refractivity contribution in [3.8, 4) is 0 Å². The third-order valence-corrected chi connectivity index (χ3v) is 4.14. The second kappa shape index (κ2) is 4.42. The number of piperazine rings is 1. The van der Waals surface area contributed by atoms with Crippen LogP contribution < -0.4 is 5.32 Å². The van der Waals surface area contributed by atoms with Crippen LogP contribution in [-0.2, 0) is 4.79 Å². The van der Waals surface area contributed by atoms with Gasteiger partial charge in [0.15, 0.2) is 0 Å². The first kappa shape index (κ1) is 11.2. The molecule has 90 valence electrons. The van der Waals surface area contributed by atoms with Crippen molar-refractivity contribution >= 4 is 21.8 Å². The van der Waals surface area contributed by atoms with E-state index in [2.05, 4.69) is 21.2 Å². The number of hydrogen-bond acceptors (Lipinski definition) is 2. The summed E-state index contributed by atoms with van der Waals surface area (Å²) in [5, 5.41) is 3.37. The van der Waals surface area contributed by atoms with Crippen LogP contribution in [0.3, 0.4) is 0 Å². The molecule has 2 fully saturated rings. The van der Waals surface area contributed by atoms with E-state index >= 15 is 0 Å². The van der Waals surface area contributed by atoms with Gasteiger partial charge in [0.2, 0.25) is 5.91 Å². The van der Waals surface area contributed by atoms with E-state index in [4.69, 9.17) is 0 Å². The highest BCUT2D eigenvalue weighted by Gasteiger charge is 2.38. The summed E-state index contributed by atoms with van der Waals surface area (Å²) in [7, 11) is 0. The van der Waals surface area contributed by atoms with E-state index in [1.807, 2.05) is 29.2 Å². The molecule has 0 radical (unpaired) electrons. The number of fused-ring (bicyclic) bond motifs is 1. The maximum atomic E-state index is 12.4. The topological polar surface area (TPSA) is 32.3 Å². The number of carbonyl (C=O) groups is 1. The Labute approximate surface area is 109 Å². The van der Waals surface area contributed by atoms with Gasteiger partial charge in [-0.05, 0) is 30.5 Å². The Hall–Kier alpha value is -0.870. The van der Waals surface area contributed by atoms with Gasteiger partial charge in [0.25, 0.3) is 0 Å². The van der Waals surface area contributed by atoms with E-state index < -0.39 is 0 Å². The molecule has 1 aromatic carbocycles. The molecule has 2 unspecified atom stereocenters. The Morgan fingerprint density at radius 2 is 2.29 bits per heavy atom. The third kappa shape index (κ3) is 2.00. The number of hydrogen-bond donors (Lipinski definition) is 1. The molecule has 3 rings (SSSR count). The molecule has 3 nitrogen and oxygen atoms in total. The second-order valence-electron chi connectivity index (χ2n) is 4.72. The summed E-state index contributed by atoms with van der Waals surface area (Å²) in [5.74, 6) is 0.233. The molecule has 4 heteroatoms. The maximum Gasteiger partial charge on any atom is 0.244 e. The lowest BCUT2D eigenvalue weighted by molar-refractivity contribution is -0.137. The second-order valence-corrected chi connectivity index (χ2v) is 5.64. The first-order valence-electron chi connectivity index (χ1n) is 6.05. The van der Waals surface area contributed by atoms with Crippen LogP contribution in [0.15, 0.2) is 28.7 Å². The third-order valence-electron chi connectivity index (χ3n) is 3.65. The zero-order valence-electron chi connectivity index (χ0n) is 9.53. The zero-order chi connectivity index (χ0) is 11.8. The van der Waals surface area contributed by atoms with Crippen LogP contribution in [0.1, 0.15) is 24.4 Å². The van der Waals surface area contributed by atoms with E-state index in [1.54, 1.807) is 0 Å². The van der Waals surface area contributed by atoms with Crippen molar-refractivity contribution in [3.05, 3.63) is 34.3 Å². The number of benzene rings is 1. The number of nitrogens with zero attached hydrogens (tertiary/aromatic N) is 1. The highest BCUT2D eigenvalue weighted by Crippen LogP contribution is 2.28. The van der Waals surface area contributed by atoms with Crippen LogP contribution in [0.4, 0.5) is 0 Å². The van der Waals surface area contributed by atoms with E-state index in [0.29, 0.717) is 6.04 Å². The molecular formula is C13H15BrN2O. The van der Waals surface area contributed by atoms with E-state index in [-0.39, 0.29) is 11.9 Å². The van der Waals surface area contributed by atoms with Crippen LogP contribution in [0.25, 0.3) is 0 Å². The summed E-state index contributed by atoms with van der Waals surface area (Å²) in [5.41, 5.74) is 1.05. The van der Waals surface area contributed by atoms with Gasteiger partial charge in [0.1, 0.15) is 6.04 Å². The summed E-state index contributed by atoms with van der Waals surface area (Å²) < 4.78 is 1.02. The highest BCUT2D eigenvalue weighted by atomic mass is 79.9. The predicted octanol–water partition coefficient (Wildman–Crippen LogP) is 2.08. The smallest absolute Gasteiger partial charge is 0.244 e. The number of halogens is 1. The number of rotatable bonds is 1. The molecule has 0 spiro atoms. The summed E-state index contributed by atoms with van der Waals surface area (Å²) in [6.07, 6.45) is 2.28. The van der Waals surface area contributed by atoms with Gasteiger partial charge in [-0.2, -0.15) is 0 Å². The van der Waals surface area contributed by atoms with Crippen LogP contribution >= 0.6 is 15.9 Å². The van der Waals surface area contributed by atoms with Crippen molar-refractivity contribution in [1.29, 1.82) is 0 Å². The molecule has 0 aromatic heterocycles. The molecule has 2 heterocycles. The Balaban J connectivity index is 1.87. The molecule has 1 N–H and O–H groups in total. The number of amides is 1. The zero-order valence-corrected chi connectivity index (χ0v) is 11.1. The van der Waals surface area contributed by atoms with Gasteiger partial charge in [-0.3, -0.25) is 4.79 Å².